The Morgan fingerprint density at radius 3 is 2.81 bits per heavy atom. The molecular weight excluding hydrogens is 266 g/mol. The summed E-state index contributed by atoms with van der Waals surface area (Å²) in [6.07, 6.45) is 4.49. The van der Waals surface area contributed by atoms with Crippen molar-refractivity contribution in [3.8, 4) is 0 Å². The van der Waals surface area contributed by atoms with Crippen molar-refractivity contribution in [3.63, 3.8) is 0 Å². The average molecular weight is 283 g/mol. The molecule has 1 amide bonds. The Labute approximate surface area is 123 Å². The van der Waals surface area contributed by atoms with Gasteiger partial charge >= 0.3 is 0 Å². The minimum Gasteiger partial charge on any atom is -0.370 e. The van der Waals surface area contributed by atoms with Crippen LogP contribution in [0.4, 0.5) is 0 Å². The molecule has 0 aliphatic carbocycles. The lowest BCUT2D eigenvalue weighted by Gasteiger charge is -2.39. The van der Waals surface area contributed by atoms with Crippen LogP contribution in [0.2, 0.25) is 0 Å². The number of ether oxygens (including phenoxy) is 1. The molecule has 3 rings (SSSR count). The fourth-order valence-electron chi connectivity index (χ4n) is 2.64. The summed E-state index contributed by atoms with van der Waals surface area (Å²) in [6.45, 7) is 3.10. The molecule has 0 bridgehead atoms. The van der Waals surface area contributed by atoms with E-state index in [-0.39, 0.29) is 18.1 Å². The SMILES string of the molecule is CC1C(c2ccccc2)OCCN1C(=O)c1cnccn1. The van der Waals surface area contributed by atoms with E-state index in [9.17, 15) is 4.79 Å². The van der Waals surface area contributed by atoms with Crippen molar-refractivity contribution in [1.82, 2.24) is 14.9 Å². The maximum absolute atomic E-state index is 12.6. The first-order valence-corrected chi connectivity index (χ1v) is 7.01. The van der Waals surface area contributed by atoms with Crippen LogP contribution >= 0.6 is 0 Å². The first-order chi connectivity index (χ1) is 10.3. The minimum absolute atomic E-state index is 0.0457. The summed E-state index contributed by atoms with van der Waals surface area (Å²) in [4.78, 5) is 22.4. The highest BCUT2D eigenvalue weighted by Gasteiger charge is 2.33. The molecule has 1 aromatic carbocycles. The minimum atomic E-state index is -0.111. The van der Waals surface area contributed by atoms with Gasteiger partial charge in [0, 0.05) is 18.9 Å². The van der Waals surface area contributed by atoms with Crippen LogP contribution in [-0.4, -0.2) is 40.0 Å². The highest BCUT2D eigenvalue weighted by atomic mass is 16.5. The van der Waals surface area contributed by atoms with Crippen LogP contribution in [0.1, 0.15) is 29.1 Å². The van der Waals surface area contributed by atoms with Gasteiger partial charge < -0.3 is 9.64 Å². The molecule has 0 N–H and O–H groups in total. The summed E-state index contributed by atoms with van der Waals surface area (Å²) in [7, 11) is 0. The molecule has 5 nitrogen and oxygen atoms in total. The zero-order chi connectivity index (χ0) is 14.7. The molecule has 2 heterocycles. The first-order valence-electron chi connectivity index (χ1n) is 7.01. The van der Waals surface area contributed by atoms with Crippen molar-refractivity contribution in [1.29, 1.82) is 0 Å². The standard InChI is InChI=1S/C16H17N3O2/c1-12-15(13-5-3-2-4-6-13)21-10-9-19(12)16(20)14-11-17-7-8-18-14/h2-8,11-12,15H,9-10H2,1H3. The van der Waals surface area contributed by atoms with E-state index >= 15 is 0 Å². The number of morpholine rings is 1. The Kier molecular flexibility index (Phi) is 3.92. The van der Waals surface area contributed by atoms with Crippen LogP contribution in [-0.2, 0) is 4.74 Å². The Balaban J connectivity index is 1.82. The number of rotatable bonds is 2. The highest BCUT2D eigenvalue weighted by molar-refractivity contribution is 5.92. The van der Waals surface area contributed by atoms with Crippen LogP contribution in [0.5, 0.6) is 0 Å². The lowest BCUT2D eigenvalue weighted by Crippen LogP contribution is -2.48. The number of carbonyl (C=O) groups is 1. The second-order valence-electron chi connectivity index (χ2n) is 5.03. The molecule has 2 atom stereocenters. The van der Waals surface area contributed by atoms with E-state index < -0.39 is 0 Å². The van der Waals surface area contributed by atoms with E-state index in [1.165, 1.54) is 12.4 Å². The van der Waals surface area contributed by atoms with Gasteiger partial charge in [0.25, 0.3) is 5.91 Å². The van der Waals surface area contributed by atoms with E-state index in [1.807, 2.05) is 42.2 Å². The second kappa shape index (κ2) is 6.01. The van der Waals surface area contributed by atoms with Gasteiger partial charge in [-0.3, -0.25) is 9.78 Å². The summed E-state index contributed by atoms with van der Waals surface area (Å²) in [5, 5.41) is 0. The number of hydrogen-bond acceptors (Lipinski definition) is 4. The van der Waals surface area contributed by atoms with Gasteiger partial charge in [0.1, 0.15) is 11.8 Å². The van der Waals surface area contributed by atoms with Gasteiger partial charge in [-0.2, -0.15) is 0 Å². The fourth-order valence-corrected chi connectivity index (χ4v) is 2.64. The lowest BCUT2D eigenvalue weighted by molar-refractivity contribution is -0.0553. The Morgan fingerprint density at radius 2 is 2.10 bits per heavy atom. The van der Waals surface area contributed by atoms with Crippen molar-refractivity contribution in [2.24, 2.45) is 0 Å². The zero-order valence-corrected chi connectivity index (χ0v) is 11.8. The number of aromatic nitrogens is 2. The van der Waals surface area contributed by atoms with E-state index in [0.717, 1.165) is 5.56 Å². The molecule has 2 aromatic rings. The van der Waals surface area contributed by atoms with Crippen LogP contribution in [0.25, 0.3) is 0 Å². The topological polar surface area (TPSA) is 55.3 Å². The van der Waals surface area contributed by atoms with Crippen LogP contribution in [0, 0.1) is 0 Å². The Hall–Kier alpha value is -2.27. The van der Waals surface area contributed by atoms with Crippen LogP contribution in [0.3, 0.4) is 0 Å². The summed E-state index contributed by atoms with van der Waals surface area (Å²) in [6, 6.07) is 9.94. The molecule has 108 valence electrons. The number of hydrogen-bond donors (Lipinski definition) is 0. The molecule has 21 heavy (non-hydrogen) atoms. The van der Waals surface area contributed by atoms with Gasteiger partial charge in [0.05, 0.1) is 18.8 Å². The van der Waals surface area contributed by atoms with Gasteiger partial charge in [-0.15, -0.1) is 0 Å². The maximum atomic E-state index is 12.6. The summed E-state index contributed by atoms with van der Waals surface area (Å²) in [5.41, 5.74) is 1.46. The fraction of sp³-hybridized carbons (Fsp3) is 0.312. The average Bonchev–Trinajstić information content (AvgIpc) is 2.56. The second-order valence-corrected chi connectivity index (χ2v) is 5.03. The van der Waals surface area contributed by atoms with Gasteiger partial charge in [-0.25, -0.2) is 4.98 Å². The van der Waals surface area contributed by atoms with Crippen molar-refractivity contribution in [2.75, 3.05) is 13.2 Å². The smallest absolute Gasteiger partial charge is 0.274 e. The summed E-state index contributed by atoms with van der Waals surface area (Å²) in [5.74, 6) is -0.0974. The zero-order valence-electron chi connectivity index (χ0n) is 11.8. The third kappa shape index (κ3) is 2.78. The first kappa shape index (κ1) is 13.7. The normalized spacial score (nSPS) is 22.0. The maximum Gasteiger partial charge on any atom is 0.274 e. The monoisotopic (exact) mass is 283 g/mol. The van der Waals surface area contributed by atoms with Gasteiger partial charge in [0.15, 0.2) is 0 Å². The van der Waals surface area contributed by atoms with E-state index in [0.29, 0.717) is 18.8 Å². The highest BCUT2D eigenvalue weighted by Crippen LogP contribution is 2.28. The van der Waals surface area contributed by atoms with Gasteiger partial charge in [-0.05, 0) is 12.5 Å². The van der Waals surface area contributed by atoms with E-state index in [1.54, 1.807) is 6.20 Å². The number of benzene rings is 1. The van der Waals surface area contributed by atoms with Crippen LogP contribution in [0.15, 0.2) is 48.9 Å². The van der Waals surface area contributed by atoms with E-state index in [2.05, 4.69) is 9.97 Å². The quantitative estimate of drug-likeness (QED) is 0.846. The molecular formula is C16H17N3O2. The Bertz CT molecular complexity index is 603. The van der Waals surface area contributed by atoms with Crippen molar-refractivity contribution in [3.05, 3.63) is 60.2 Å². The molecule has 0 saturated carbocycles. The molecule has 1 aromatic heterocycles. The predicted octanol–water partition coefficient (Wildman–Crippen LogP) is 2.08. The predicted molar refractivity (Wildman–Crippen MR) is 77.7 cm³/mol. The van der Waals surface area contributed by atoms with Gasteiger partial charge in [-0.1, -0.05) is 30.3 Å². The third-order valence-corrected chi connectivity index (χ3v) is 3.73. The van der Waals surface area contributed by atoms with Crippen molar-refractivity contribution < 1.29 is 9.53 Å². The summed E-state index contributed by atoms with van der Waals surface area (Å²) < 4.78 is 5.86. The lowest BCUT2D eigenvalue weighted by atomic mass is 10.0. The molecule has 1 aliphatic rings. The van der Waals surface area contributed by atoms with Crippen molar-refractivity contribution in [2.45, 2.75) is 19.1 Å². The molecule has 2 unspecified atom stereocenters. The Morgan fingerprint density at radius 1 is 1.29 bits per heavy atom. The van der Waals surface area contributed by atoms with Gasteiger partial charge in [0.2, 0.25) is 0 Å². The molecule has 1 aliphatic heterocycles. The molecule has 1 fully saturated rings. The number of carbonyl (C=O) groups excluding carboxylic acids is 1. The molecule has 5 heteroatoms. The number of amides is 1. The number of nitrogens with zero attached hydrogens (tertiary/aromatic N) is 3. The molecule has 0 spiro atoms. The summed E-state index contributed by atoms with van der Waals surface area (Å²) >= 11 is 0. The molecule has 1 saturated heterocycles. The van der Waals surface area contributed by atoms with Crippen molar-refractivity contribution >= 4 is 5.91 Å². The third-order valence-electron chi connectivity index (χ3n) is 3.73. The largest absolute Gasteiger partial charge is 0.370 e. The van der Waals surface area contributed by atoms with Crippen LogP contribution < -0.4 is 0 Å². The molecule has 0 radical (unpaired) electrons. The van der Waals surface area contributed by atoms with E-state index in [4.69, 9.17) is 4.74 Å².